The lowest BCUT2D eigenvalue weighted by atomic mass is 9.98. The van der Waals surface area contributed by atoms with Gasteiger partial charge in [-0.05, 0) is 32.1 Å². The van der Waals surface area contributed by atoms with E-state index in [4.69, 9.17) is 4.74 Å². The van der Waals surface area contributed by atoms with Crippen molar-refractivity contribution in [2.75, 3.05) is 18.6 Å². The SMILES string of the molecule is CCCN(c1nc[nH]c(=O)c1OC)C1CC2CCC(C1)N2. The third-order valence-corrected chi connectivity index (χ3v) is 4.62. The number of anilines is 1. The summed E-state index contributed by atoms with van der Waals surface area (Å²) in [6, 6.07) is 1.66. The van der Waals surface area contributed by atoms with Crippen molar-refractivity contribution >= 4 is 5.82 Å². The van der Waals surface area contributed by atoms with Crippen LogP contribution in [0.5, 0.6) is 5.75 Å². The number of methoxy groups -OCH3 is 1. The molecule has 2 bridgehead atoms. The Morgan fingerprint density at radius 3 is 2.71 bits per heavy atom. The number of aromatic nitrogens is 2. The van der Waals surface area contributed by atoms with E-state index < -0.39 is 0 Å². The predicted octanol–water partition coefficient (Wildman–Crippen LogP) is 1.28. The minimum absolute atomic E-state index is 0.208. The van der Waals surface area contributed by atoms with Gasteiger partial charge in [-0.15, -0.1) is 0 Å². The monoisotopic (exact) mass is 292 g/mol. The van der Waals surface area contributed by atoms with Crippen molar-refractivity contribution in [3.8, 4) is 5.75 Å². The van der Waals surface area contributed by atoms with Crippen molar-refractivity contribution in [3.05, 3.63) is 16.7 Å². The normalized spacial score (nSPS) is 27.6. The van der Waals surface area contributed by atoms with E-state index in [-0.39, 0.29) is 5.56 Å². The zero-order chi connectivity index (χ0) is 14.8. The molecule has 0 aromatic carbocycles. The standard InChI is InChI=1S/C15H24N4O2/c1-3-6-19(12-7-10-4-5-11(8-12)18-10)14-13(21-2)15(20)17-9-16-14/h9-12,18H,3-8H2,1-2H3,(H,16,17,20). The molecule has 2 aliphatic rings. The van der Waals surface area contributed by atoms with Gasteiger partial charge >= 0.3 is 0 Å². The predicted molar refractivity (Wildman–Crippen MR) is 82.0 cm³/mol. The number of rotatable bonds is 5. The van der Waals surface area contributed by atoms with Gasteiger partial charge in [0.15, 0.2) is 5.82 Å². The first kappa shape index (κ1) is 14.4. The van der Waals surface area contributed by atoms with Crippen molar-refractivity contribution in [1.82, 2.24) is 15.3 Å². The van der Waals surface area contributed by atoms with Gasteiger partial charge in [0, 0.05) is 24.7 Å². The Hall–Kier alpha value is -1.56. The maximum absolute atomic E-state index is 11.9. The molecule has 3 heterocycles. The Balaban J connectivity index is 1.91. The van der Waals surface area contributed by atoms with Gasteiger partial charge in [-0.3, -0.25) is 4.79 Å². The molecule has 1 aromatic heterocycles. The van der Waals surface area contributed by atoms with E-state index in [1.165, 1.54) is 26.3 Å². The second-order valence-corrected chi connectivity index (χ2v) is 6.05. The van der Waals surface area contributed by atoms with Crippen LogP contribution in [0.4, 0.5) is 5.82 Å². The highest BCUT2D eigenvalue weighted by Gasteiger charge is 2.37. The quantitative estimate of drug-likeness (QED) is 0.855. The number of H-pyrrole nitrogens is 1. The van der Waals surface area contributed by atoms with Crippen LogP contribution in [0.1, 0.15) is 39.0 Å². The van der Waals surface area contributed by atoms with Crippen LogP contribution in [0.3, 0.4) is 0 Å². The second-order valence-electron chi connectivity index (χ2n) is 6.05. The molecule has 2 unspecified atom stereocenters. The average molecular weight is 292 g/mol. The smallest absolute Gasteiger partial charge is 0.295 e. The molecule has 0 spiro atoms. The first-order chi connectivity index (χ1) is 10.2. The van der Waals surface area contributed by atoms with Gasteiger partial charge in [0.25, 0.3) is 5.56 Å². The lowest BCUT2D eigenvalue weighted by molar-refractivity contribution is 0.340. The topological polar surface area (TPSA) is 70.2 Å². The number of hydrogen-bond acceptors (Lipinski definition) is 5. The summed E-state index contributed by atoms with van der Waals surface area (Å²) in [7, 11) is 1.53. The van der Waals surface area contributed by atoms with Gasteiger partial charge in [0.05, 0.1) is 13.4 Å². The second kappa shape index (κ2) is 6.05. The van der Waals surface area contributed by atoms with Crippen molar-refractivity contribution in [2.45, 2.75) is 57.2 Å². The number of fused-ring (bicyclic) bond motifs is 2. The minimum atomic E-state index is -0.208. The molecular formula is C15H24N4O2. The summed E-state index contributed by atoms with van der Waals surface area (Å²) in [5, 5.41) is 3.66. The fraction of sp³-hybridized carbons (Fsp3) is 0.733. The molecular weight excluding hydrogens is 268 g/mol. The Morgan fingerprint density at radius 2 is 2.10 bits per heavy atom. The van der Waals surface area contributed by atoms with Crippen LogP contribution in [0.25, 0.3) is 0 Å². The third-order valence-electron chi connectivity index (χ3n) is 4.62. The van der Waals surface area contributed by atoms with Crippen LogP contribution in [-0.2, 0) is 0 Å². The highest BCUT2D eigenvalue weighted by Crippen LogP contribution is 2.33. The molecule has 6 nitrogen and oxygen atoms in total. The molecule has 2 fully saturated rings. The van der Waals surface area contributed by atoms with Gasteiger partial charge in [-0.1, -0.05) is 6.92 Å². The molecule has 0 saturated carbocycles. The Labute approximate surface area is 124 Å². The molecule has 2 atom stereocenters. The summed E-state index contributed by atoms with van der Waals surface area (Å²) in [6.45, 7) is 3.05. The third kappa shape index (κ3) is 2.77. The van der Waals surface area contributed by atoms with E-state index in [0.717, 1.165) is 25.8 Å². The fourth-order valence-corrected chi connectivity index (χ4v) is 3.75. The average Bonchev–Trinajstić information content (AvgIpc) is 2.83. The Morgan fingerprint density at radius 1 is 1.38 bits per heavy atom. The van der Waals surface area contributed by atoms with E-state index in [1.54, 1.807) is 0 Å². The van der Waals surface area contributed by atoms with E-state index >= 15 is 0 Å². The summed E-state index contributed by atoms with van der Waals surface area (Å²) in [5.41, 5.74) is -0.208. The number of aromatic amines is 1. The first-order valence-corrected chi connectivity index (χ1v) is 7.87. The van der Waals surface area contributed by atoms with Gasteiger partial charge in [-0.2, -0.15) is 0 Å². The molecule has 116 valence electrons. The molecule has 21 heavy (non-hydrogen) atoms. The lowest BCUT2D eigenvalue weighted by Gasteiger charge is -2.38. The van der Waals surface area contributed by atoms with Crippen LogP contribution >= 0.6 is 0 Å². The molecule has 1 aromatic rings. The summed E-state index contributed by atoms with van der Waals surface area (Å²) in [5.74, 6) is 1.02. The van der Waals surface area contributed by atoms with Crippen molar-refractivity contribution in [3.63, 3.8) is 0 Å². The van der Waals surface area contributed by atoms with Gasteiger partial charge in [0.2, 0.25) is 5.75 Å². The van der Waals surface area contributed by atoms with Crippen LogP contribution in [0.15, 0.2) is 11.1 Å². The summed E-state index contributed by atoms with van der Waals surface area (Å²) in [6.07, 6.45) is 7.26. The van der Waals surface area contributed by atoms with E-state index in [2.05, 4.69) is 27.1 Å². The number of hydrogen-bond donors (Lipinski definition) is 2. The molecule has 6 heteroatoms. The molecule has 2 aliphatic heterocycles. The van der Waals surface area contributed by atoms with Crippen LogP contribution in [0, 0.1) is 0 Å². The van der Waals surface area contributed by atoms with Gasteiger partial charge < -0.3 is 19.9 Å². The van der Waals surface area contributed by atoms with E-state index in [9.17, 15) is 4.79 Å². The summed E-state index contributed by atoms with van der Waals surface area (Å²) >= 11 is 0. The first-order valence-electron chi connectivity index (χ1n) is 7.87. The number of nitrogens with zero attached hydrogens (tertiary/aromatic N) is 2. The fourth-order valence-electron chi connectivity index (χ4n) is 3.75. The molecule has 2 saturated heterocycles. The Bertz CT molecular complexity index is 533. The van der Waals surface area contributed by atoms with E-state index in [1.807, 2.05) is 0 Å². The minimum Gasteiger partial charge on any atom is -0.489 e. The van der Waals surface area contributed by atoms with Crippen LogP contribution in [0.2, 0.25) is 0 Å². The van der Waals surface area contributed by atoms with Crippen molar-refractivity contribution in [2.24, 2.45) is 0 Å². The number of ether oxygens (including phenoxy) is 1. The summed E-state index contributed by atoms with van der Waals surface area (Å²) in [4.78, 5) is 21.2. The maximum atomic E-state index is 11.9. The van der Waals surface area contributed by atoms with Crippen molar-refractivity contribution < 1.29 is 4.74 Å². The van der Waals surface area contributed by atoms with Crippen LogP contribution < -0.4 is 20.5 Å². The van der Waals surface area contributed by atoms with Gasteiger partial charge in [0.1, 0.15) is 0 Å². The van der Waals surface area contributed by atoms with Crippen molar-refractivity contribution in [1.29, 1.82) is 0 Å². The molecule has 0 radical (unpaired) electrons. The zero-order valence-corrected chi connectivity index (χ0v) is 12.8. The molecule has 2 N–H and O–H groups in total. The van der Waals surface area contributed by atoms with Gasteiger partial charge in [-0.25, -0.2) is 4.98 Å². The molecule has 0 amide bonds. The molecule has 3 rings (SSSR count). The highest BCUT2D eigenvalue weighted by atomic mass is 16.5. The van der Waals surface area contributed by atoms with Crippen LogP contribution in [-0.4, -0.2) is 41.7 Å². The Kier molecular flexibility index (Phi) is 4.14. The van der Waals surface area contributed by atoms with E-state index in [0.29, 0.717) is 29.7 Å². The molecule has 0 aliphatic carbocycles. The largest absolute Gasteiger partial charge is 0.489 e. The zero-order valence-electron chi connectivity index (χ0n) is 12.8. The maximum Gasteiger partial charge on any atom is 0.295 e. The lowest BCUT2D eigenvalue weighted by Crippen LogP contribution is -2.49. The highest BCUT2D eigenvalue weighted by molar-refractivity contribution is 5.51. The number of nitrogens with one attached hydrogen (secondary N) is 2. The number of piperidine rings is 1. The summed E-state index contributed by atoms with van der Waals surface area (Å²) < 4.78 is 5.30.